The molecule has 78 valence electrons. The second kappa shape index (κ2) is 3.84. The number of alkyl halides is 3. The lowest BCUT2D eigenvalue weighted by atomic mass is 10.3. The normalized spacial score (nSPS) is 20.3. The summed E-state index contributed by atoms with van der Waals surface area (Å²) in [4.78, 5) is 0. The van der Waals surface area contributed by atoms with Gasteiger partial charge in [0.05, 0.1) is 6.54 Å². The molecule has 0 atom stereocenters. The molecule has 2 nitrogen and oxygen atoms in total. The molecule has 0 radical (unpaired) electrons. The van der Waals surface area contributed by atoms with Crippen molar-refractivity contribution in [3.63, 3.8) is 0 Å². The Hall–Kier alpha value is -0.290. The van der Waals surface area contributed by atoms with Crippen LogP contribution in [0.15, 0.2) is 0 Å². The van der Waals surface area contributed by atoms with Crippen LogP contribution < -0.4 is 10.6 Å². The van der Waals surface area contributed by atoms with Gasteiger partial charge in [-0.05, 0) is 19.8 Å². The Kier molecular flexibility index (Phi) is 3.18. The largest absolute Gasteiger partial charge is 0.401 e. The van der Waals surface area contributed by atoms with Gasteiger partial charge in [-0.1, -0.05) is 0 Å². The van der Waals surface area contributed by atoms with Crippen molar-refractivity contribution < 1.29 is 13.2 Å². The van der Waals surface area contributed by atoms with E-state index in [9.17, 15) is 13.2 Å². The van der Waals surface area contributed by atoms with Crippen molar-refractivity contribution in [2.24, 2.45) is 0 Å². The second-order valence-corrected chi connectivity index (χ2v) is 3.78. The molecule has 0 amide bonds. The molecular formula is C8H15F3N2. The highest BCUT2D eigenvalue weighted by Crippen LogP contribution is 2.33. The Morgan fingerprint density at radius 1 is 1.23 bits per heavy atom. The molecule has 1 rings (SSSR count). The van der Waals surface area contributed by atoms with Gasteiger partial charge in [-0.15, -0.1) is 0 Å². The van der Waals surface area contributed by atoms with Gasteiger partial charge in [0.2, 0.25) is 0 Å². The van der Waals surface area contributed by atoms with E-state index >= 15 is 0 Å². The smallest absolute Gasteiger partial charge is 0.310 e. The van der Waals surface area contributed by atoms with E-state index in [4.69, 9.17) is 0 Å². The number of halogens is 3. The monoisotopic (exact) mass is 196 g/mol. The molecule has 0 heterocycles. The van der Waals surface area contributed by atoms with Gasteiger partial charge < -0.3 is 10.6 Å². The summed E-state index contributed by atoms with van der Waals surface area (Å²) in [6.07, 6.45) is -1.83. The predicted molar refractivity (Wildman–Crippen MR) is 44.6 cm³/mol. The molecule has 0 saturated heterocycles. The number of rotatable bonds is 5. The summed E-state index contributed by atoms with van der Waals surface area (Å²) in [6.45, 7) is 2.16. The fourth-order valence-electron chi connectivity index (χ4n) is 1.05. The van der Waals surface area contributed by atoms with Gasteiger partial charge in [-0.2, -0.15) is 13.2 Å². The number of hydrogen-bond donors (Lipinski definition) is 2. The van der Waals surface area contributed by atoms with Crippen LogP contribution in [0.5, 0.6) is 0 Å². The first-order valence-electron chi connectivity index (χ1n) is 4.44. The van der Waals surface area contributed by atoms with Crippen LogP contribution in [0.25, 0.3) is 0 Å². The fraction of sp³-hybridized carbons (Fsp3) is 1.00. The van der Waals surface area contributed by atoms with Gasteiger partial charge >= 0.3 is 6.18 Å². The summed E-state index contributed by atoms with van der Waals surface area (Å²) < 4.78 is 34.9. The first-order chi connectivity index (χ1) is 5.91. The molecule has 13 heavy (non-hydrogen) atoms. The van der Waals surface area contributed by atoms with E-state index in [0.717, 1.165) is 12.8 Å². The summed E-state index contributed by atoms with van der Waals surface area (Å²) in [7, 11) is 0. The molecular weight excluding hydrogens is 181 g/mol. The van der Waals surface area contributed by atoms with Gasteiger partial charge in [0, 0.05) is 18.6 Å². The number of hydrogen-bond acceptors (Lipinski definition) is 2. The Balaban J connectivity index is 1.90. The van der Waals surface area contributed by atoms with Crippen LogP contribution in [0.2, 0.25) is 0 Å². The van der Waals surface area contributed by atoms with Crippen molar-refractivity contribution in [1.29, 1.82) is 0 Å². The molecule has 0 aromatic rings. The van der Waals surface area contributed by atoms with Crippen LogP contribution in [-0.2, 0) is 0 Å². The molecule has 1 aliphatic carbocycles. The third-order valence-electron chi connectivity index (χ3n) is 2.18. The van der Waals surface area contributed by atoms with E-state index in [0.29, 0.717) is 13.1 Å². The topological polar surface area (TPSA) is 24.1 Å². The average Bonchev–Trinajstić information content (AvgIpc) is 2.65. The molecule has 1 saturated carbocycles. The Bertz CT molecular complexity index is 156. The highest BCUT2D eigenvalue weighted by Gasteiger charge is 2.36. The van der Waals surface area contributed by atoms with Crippen LogP contribution >= 0.6 is 0 Å². The Morgan fingerprint density at radius 3 is 2.31 bits per heavy atom. The van der Waals surface area contributed by atoms with E-state index in [1.54, 1.807) is 0 Å². The summed E-state index contributed by atoms with van der Waals surface area (Å²) >= 11 is 0. The summed E-state index contributed by atoms with van der Waals surface area (Å²) in [5.41, 5.74) is 0.208. The molecule has 1 aliphatic rings. The zero-order valence-electron chi connectivity index (χ0n) is 7.67. The van der Waals surface area contributed by atoms with Gasteiger partial charge in [0.15, 0.2) is 0 Å². The lowest BCUT2D eigenvalue weighted by Crippen LogP contribution is -2.37. The highest BCUT2D eigenvalue weighted by molar-refractivity contribution is 4.97. The van der Waals surface area contributed by atoms with E-state index in [2.05, 4.69) is 17.6 Å². The van der Waals surface area contributed by atoms with Crippen LogP contribution in [-0.4, -0.2) is 31.3 Å². The van der Waals surface area contributed by atoms with Crippen LogP contribution in [0.4, 0.5) is 13.2 Å². The molecule has 0 unspecified atom stereocenters. The minimum Gasteiger partial charge on any atom is -0.310 e. The fourth-order valence-corrected chi connectivity index (χ4v) is 1.05. The first kappa shape index (κ1) is 10.8. The molecule has 0 bridgehead atoms. The Labute approximate surface area is 75.9 Å². The maximum absolute atomic E-state index is 11.6. The Morgan fingerprint density at radius 2 is 1.85 bits per heavy atom. The summed E-state index contributed by atoms with van der Waals surface area (Å²) in [5.74, 6) is 0. The molecule has 5 heteroatoms. The summed E-state index contributed by atoms with van der Waals surface area (Å²) in [6, 6.07) is 0. The first-order valence-corrected chi connectivity index (χ1v) is 4.44. The molecule has 0 spiro atoms. The lowest BCUT2D eigenvalue weighted by molar-refractivity contribution is -0.124. The van der Waals surface area contributed by atoms with Crippen molar-refractivity contribution in [2.45, 2.75) is 31.5 Å². The van der Waals surface area contributed by atoms with Crippen molar-refractivity contribution in [1.82, 2.24) is 10.6 Å². The SMILES string of the molecule is CC1(NCCNCC(F)(F)F)CC1. The molecule has 0 aromatic carbocycles. The molecule has 0 aromatic heterocycles. The van der Waals surface area contributed by atoms with E-state index in [-0.39, 0.29) is 5.54 Å². The number of nitrogens with one attached hydrogen (secondary N) is 2. The minimum absolute atomic E-state index is 0.208. The van der Waals surface area contributed by atoms with Gasteiger partial charge in [-0.3, -0.25) is 0 Å². The van der Waals surface area contributed by atoms with Crippen LogP contribution in [0.3, 0.4) is 0 Å². The highest BCUT2D eigenvalue weighted by atomic mass is 19.4. The third-order valence-corrected chi connectivity index (χ3v) is 2.18. The zero-order valence-corrected chi connectivity index (χ0v) is 7.67. The predicted octanol–water partition coefficient (Wildman–Crippen LogP) is 1.28. The molecule has 2 N–H and O–H groups in total. The minimum atomic E-state index is -4.09. The van der Waals surface area contributed by atoms with Gasteiger partial charge in [0.1, 0.15) is 0 Å². The van der Waals surface area contributed by atoms with Gasteiger partial charge in [-0.25, -0.2) is 0 Å². The third kappa shape index (κ3) is 5.10. The van der Waals surface area contributed by atoms with Crippen molar-refractivity contribution in [3.05, 3.63) is 0 Å². The average molecular weight is 196 g/mol. The lowest BCUT2D eigenvalue weighted by Gasteiger charge is -2.12. The van der Waals surface area contributed by atoms with Crippen molar-refractivity contribution >= 4 is 0 Å². The maximum Gasteiger partial charge on any atom is 0.401 e. The zero-order chi connectivity index (χ0) is 9.95. The van der Waals surface area contributed by atoms with Crippen LogP contribution in [0.1, 0.15) is 19.8 Å². The maximum atomic E-state index is 11.6. The van der Waals surface area contributed by atoms with Crippen molar-refractivity contribution in [2.75, 3.05) is 19.6 Å². The van der Waals surface area contributed by atoms with Crippen LogP contribution in [0, 0.1) is 0 Å². The summed E-state index contributed by atoms with van der Waals surface area (Å²) in [5, 5.41) is 5.53. The second-order valence-electron chi connectivity index (χ2n) is 3.78. The van der Waals surface area contributed by atoms with Crippen molar-refractivity contribution in [3.8, 4) is 0 Å². The van der Waals surface area contributed by atoms with E-state index in [1.807, 2.05) is 0 Å². The van der Waals surface area contributed by atoms with E-state index in [1.165, 1.54) is 0 Å². The van der Waals surface area contributed by atoms with Gasteiger partial charge in [0.25, 0.3) is 0 Å². The van der Waals surface area contributed by atoms with E-state index < -0.39 is 12.7 Å². The quantitative estimate of drug-likeness (QED) is 0.647. The standard InChI is InChI=1S/C8H15F3N2/c1-7(2-3-7)13-5-4-12-6-8(9,10)11/h12-13H,2-6H2,1H3. The molecule has 1 fully saturated rings. The molecule has 0 aliphatic heterocycles.